The Hall–Kier alpha value is -0.960. The summed E-state index contributed by atoms with van der Waals surface area (Å²) < 4.78 is 5.30. The van der Waals surface area contributed by atoms with E-state index in [-0.39, 0.29) is 10.7 Å². The van der Waals surface area contributed by atoms with Crippen molar-refractivity contribution in [1.29, 1.82) is 0 Å². The van der Waals surface area contributed by atoms with Crippen LogP contribution in [-0.4, -0.2) is 16.3 Å². The molecule has 0 atom stereocenters. The second-order valence-electron chi connectivity index (χ2n) is 6.44. The topological polar surface area (TPSA) is 26.3 Å². The number of carbonyl (C=O) groups excluding carboxylic acids is 1. The number of thioether (sulfide) groups is 1. The van der Waals surface area contributed by atoms with E-state index in [4.69, 9.17) is 4.74 Å². The van der Waals surface area contributed by atoms with Gasteiger partial charge in [-0.25, -0.2) is 0 Å². The van der Waals surface area contributed by atoms with Crippen LogP contribution in [-0.2, 0) is 9.53 Å². The summed E-state index contributed by atoms with van der Waals surface area (Å²) in [5, 5.41) is 0. The fourth-order valence-corrected chi connectivity index (χ4v) is 3.43. The molecule has 112 valence electrons. The predicted molar refractivity (Wildman–Crippen MR) is 86.4 cm³/mol. The van der Waals surface area contributed by atoms with Crippen LogP contribution in [0.25, 0.3) is 0 Å². The van der Waals surface area contributed by atoms with E-state index in [0.717, 1.165) is 0 Å². The SMILES string of the molecule is CC(=O)OC(C)(C)C(C)(C)Sc1c(C)cc(C)cc1C. The highest BCUT2D eigenvalue weighted by Gasteiger charge is 2.41. The number of aryl methyl sites for hydroxylation is 3. The predicted octanol–water partition coefficient (Wildman–Crippen LogP) is 4.82. The Balaban J connectivity index is 3.11. The van der Waals surface area contributed by atoms with Crippen LogP contribution in [0.15, 0.2) is 17.0 Å². The largest absolute Gasteiger partial charge is 0.458 e. The summed E-state index contributed by atoms with van der Waals surface area (Å²) in [4.78, 5) is 12.6. The minimum Gasteiger partial charge on any atom is -0.458 e. The molecule has 0 unspecified atom stereocenters. The van der Waals surface area contributed by atoms with E-state index in [0.29, 0.717) is 0 Å². The molecule has 0 saturated heterocycles. The molecule has 0 aliphatic carbocycles. The summed E-state index contributed by atoms with van der Waals surface area (Å²) in [6, 6.07) is 4.40. The fourth-order valence-electron chi connectivity index (χ4n) is 2.19. The molecule has 0 N–H and O–H groups in total. The van der Waals surface area contributed by atoms with Crippen LogP contribution in [0.5, 0.6) is 0 Å². The average molecular weight is 294 g/mol. The zero-order valence-corrected chi connectivity index (χ0v) is 14.7. The first kappa shape index (κ1) is 17.1. The first-order valence-electron chi connectivity index (χ1n) is 6.93. The van der Waals surface area contributed by atoms with E-state index < -0.39 is 5.60 Å². The van der Waals surface area contributed by atoms with Crippen molar-refractivity contribution >= 4 is 17.7 Å². The molecular weight excluding hydrogens is 268 g/mol. The van der Waals surface area contributed by atoms with E-state index in [9.17, 15) is 4.79 Å². The molecule has 0 aliphatic heterocycles. The molecule has 1 rings (SSSR count). The smallest absolute Gasteiger partial charge is 0.303 e. The molecule has 0 heterocycles. The van der Waals surface area contributed by atoms with Crippen molar-refractivity contribution in [2.75, 3.05) is 0 Å². The summed E-state index contributed by atoms with van der Waals surface area (Å²) in [6.07, 6.45) is 0. The van der Waals surface area contributed by atoms with Crippen molar-refractivity contribution in [2.24, 2.45) is 0 Å². The third-order valence-corrected chi connectivity index (χ3v) is 5.66. The molecule has 0 spiro atoms. The van der Waals surface area contributed by atoms with Crippen LogP contribution >= 0.6 is 11.8 Å². The standard InChI is InChI=1S/C17H26O2S/c1-11-9-12(2)15(13(3)10-11)20-17(7,8)16(5,6)19-14(4)18/h9-10H,1-8H3. The van der Waals surface area contributed by atoms with Crippen LogP contribution in [0.2, 0.25) is 0 Å². The van der Waals surface area contributed by atoms with Gasteiger partial charge in [0, 0.05) is 11.8 Å². The maximum absolute atomic E-state index is 11.3. The summed E-state index contributed by atoms with van der Waals surface area (Å²) in [5.41, 5.74) is 3.30. The van der Waals surface area contributed by atoms with Gasteiger partial charge in [-0.1, -0.05) is 17.7 Å². The highest BCUT2D eigenvalue weighted by Crippen LogP contribution is 2.44. The number of benzene rings is 1. The lowest BCUT2D eigenvalue weighted by atomic mass is 9.93. The van der Waals surface area contributed by atoms with Gasteiger partial charge in [0.25, 0.3) is 0 Å². The molecule has 2 nitrogen and oxygen atoms in total. The highest BCUT2D eigenvalue weighted by atomic mass is 32.2. The van der Waals surface area contributed by atoms with E-state index in [1.54, 1.807) is 11.8 Å². The zero-order valence-electron chi connectivity index (χ0n) is 13.9. The maximum atomic E-state index is 11.3. The molecule has 0 aromatic heterocycles. The van der Waals surface area contributed by atoms with Crippen molar-refractivity contribution in [3.63, 3.8) is 0 Å². The lowest BCUT2D eigenvalue weighted by Crippen LogP contribution is -2.46. The molecule has 0 fully saturated rings. The van der Waals surface area contributed by atoms with Crippen LogP contribution in [0.4, 0.5) is 0 Å². The summed E-state index contributed by atoms with van der Waals surface area (Å²) >= 11 is 1.78. The molecule has 0 bridgehead atoms. The number of carbonyl (C=O) groups is 1. The molecule has 3 heteroatoms. The van der Waals surface area contributed by atoms with Gasteiger partial charge in [-0.05, 0) is 59.6 Å². The Morgan fingerprint density at radius 1 is 1.05 bits per heavy atom. The number of ether oxygens (including phenoxy) is 1. The first-order chi connectivity index (χ1) is 8.96. The second-order valence-corrected chi connectivity index (χ2v) is 8.08. The van der Waals surface area contributed by atoms with E-state index in [1.165, 1.54) is 28.5 Å². The number of hydrogen-bond donors (Lipinski definition) is 0. The Kier molecular flexibility index (Phi) is 4.96. The van der Waals surface area contributed by atoms with Gasteiger partial charge in [0.1, 0.15) is 5.60 Å². The minimum absolute atomic E-state index is 0.219. The van der Waals surface area contributed by atoms with Gasteiger partial charge in [-0.15, -0.1) is 11.8 Å². The van der Waals surface area contributed by atoms with Crippen LogP contribution in [0, 0.1) is 20.8 Å². The molecule has 1 aromatic carbocycles. The number of hydrogen-bond acceptors (Lipinski definition) is 3. The Bertz CT molecular complexity index is 493. The van der Waals surface area contributed by atoms with Crippen molar-refractivity contribution < 1.29 is 9.53 Å². The summed E-state index contributed by atoms with van der Waals surface area (Å²) in [7, 11) is 0. The number of rotatable bonds is 4. The Morgan fingerprint density at radius 3 is 1.90 bits per heavy atom. The molecule has 20 heavy (non-hydrogen) atoms. The Labute approximate surface area is 127 Å². The van der Waals surface area contributed by atoms with Crippen molar-refractivity contribution in [2.45, 2.75) is 70.6 Å². The third-order valence-electron chi connectivity index (χ3n) is 3.81. The van der Waals surface area contributed by atoms with Gasteiger partial charge in [0.15, 0.2) is 0 Å². The van der Waals surface area contributed by atoms with Gasteiger partial charge in [0.2, 0.25) is 0 Å². The average Bonchev–Trinajstić information content (AvgIpc) is 2.21. The lowest BCUT2D eigenvalue weighted by molar-refractivity contribution is -0.155. The van der Waals surface area contributed by atoms with Gasteiger partial charge >= 0.3 is 5.97 Å². The van der Waals surface area contributed by atoms with E-state index in [2.05, 4.69) is 46.8 Å². The van der Waals surface area contributed by atoms with Crippen molar-refractivity contribution in [1.82, 2.24) is 0 Å². The molecule has 0 radical (unpaired) electrons. The van der Waals surface area contributed by atoms with Gasteiger partial charge in [0.05, 0.1) is 4.75 Å². The fraction of sp³-hybridized carbons (Fsp3) is 0.588. The quantitative estimate of drug-likeness (QED) is 0.588. The second kappa shape index (κ2) is 5.80. The molecule has 0 amide bonds. The summed E-state index contributed by atoms with van der Waals surface area (Å²) in [6.45, 7) is 16.0. The number of esters is 1. The Morgan fingerprint density at radius 2 is 1.50 bits per heavy atom. The molecular formula is C17H26O2S. The minimum atomic E-state index is -0.534. The van der Waals surface area contributed by atoms with Gasteiger partial charge in [-0.3, -0.25) is 4.79 Å². The van der Waals surface area contributed by atoms with Crippen LogP contribution in [0.3, 0.4) is 0 Å². The first-order valence-corrected chi connectivity index (χ1v) is 7.74. The van der Waals surface area contributed by atoms with Gasteiger partial charge < -0.3 is 4.74 Å². The molecule has 1 aromatic rings. The normalized spacial score (nSPS) is 12.4. The van der Waals surface area contributed by atoms with Crippen LogP contribution in [0.1, 0.15) is 51.3 Å². The highest BCUT2D eigenvalue weighted by molar-refractivity contribution is 8.00. The lowest BCUT2D eigenvalue weighted by Gasteiger charge is -2.40. The summed E-state index contributed by atoms with van der Waals surface area (Å²) in [5.74, 6) is -0.235. The van der Waals surface area contributed by atoms with Gasteiger partial charge in [-0.2, -0.15) is 0 Å². The zero-order chi connectivity index (χ0) is 15.7. The van der Waals surface area contributed by atoms with Crippen molar-refractivity contribution in [3.8, 4) is 0 Å². The van der Waals surface area contributed by atoms with E-state index in [1.807, 2.05) is 13.8 Å². The maximum Gasteiger partial charge on any atom is 0.303 e. The van der Waals surface area contributed by atoms with Crippen molar-refractivity contribution in [3.05, 3.63) is 28.8 Å². The van der Waals surface area contributed by atoms with E-state index >= 15 is 0 Å². The van der Waals surface area contributed by atoms with Crippen LogP contribution < -0.4 is 0 Å². The third kappa shape index (κ3) is 3.78. The molecule has 0 aliphatic rings. The molecule has 0 saturated carbocycles. The monoisotopic (exact) mass is 294 g/mol.